The quantitative estimate of drug-likeness (QED) is 0.591. The van der Waals surface area contributed by atoms with E-state index >= 15 is 0 Å². The normalized spacial score (nSPS) is 17.4. The summed E-state index contributed by atoms with van der Waals surface area (Å²) in [6, 6.07) is 7.59. The summed E-state index contributed by atoms with van der Waals surface area (Å²) >= 11 is 3.54. The minimum Gasteiger partial charge on any atom is -0.460 e. The molecule has 0 aliphatic carbocycles. The fraction of sp³-hybridized carbons (Fsp3) is 0.368. The SMILES string of the molecule is [C-]#[N+]C1=C(C)NC(COC)=C(C(=O)OC(C)C)C1c1ccccc1Br. The molecule has 6 heteroatoms. The van der Waals surface area contributed by atoms with Crippen LogP contribution >= 0.6 is 15.9 Å². The molecular weight excluding hydrogens is 384 g/mol. The van der Waals surface area contributed by atoms with Crippen LogP contribution in [-0.4, -0.2) is 25.8 Å². The number of hydrogen-bond acceptors (Lipinski definition) is 4. The van der Waals surface area contributed by atoms with Crippen LogP contribution in [0.3, 0.4) is 0 Å². The van der Waals surface area contributed by atoms with Gasteiger partial charge in [0.15, 0.2) is 5.70 Å². The minimum absolute atomic E-state index is 0.228. The molecule has 5 nitrogen and oxygen atoms in total. The second kappa shape index (κ2) is 8.32. The second-order valence-electron chi connectivity index (χ2n) is 5.98. The van der Waals surface area contributed by atoms with Gasteiger partial charge in [0.2, 0.25) is 0 Å². The molecule has 25 heavy (non-hydrogen) atoms. The Bertz CT molecular complexity index is 775. The van der Waals surface area contributed by atoms with Crippen LogP contribution in [0.1, 0.15) is 32.3 Å². The third-order valence-corrected chi connectivity index (χ3v) is 4.52. The summed E-state index contributed by atoms with van der Waals surface area (Å²) in [5.74, 6) is -0.949. The first-order valence-corrected chi connectivity index (χ1v) is 8.72. The van der Waals surface area contributed by atoms with Gasteiger partial charge in [0.25, 0.3) is 0 Å². The van der Waals surface area contributed by atoms with Gasteiger partial charge in [0, 0.05) is 17.3 Å². The van der Waals surface area contributed by atoms with Crippen LogP contribution in [-0.2, 0) is 14.3 Å². The summed E-state index contributed by atoms with van der Waals surface area (Å²) in [7, 11) is 1.57. The molecule has 0 saturated heterocycles. The molecule has 132 valence electrons. The number of nitrogens with zero attached hydrogens (tertiary/aromatic N) is 1. The lowest BCUT2D eigenvalue weighted by Gasteiger charge is -2.30. The highest BCUT2D eigenvalue weighted by Gasteiger charge is 2.37. The molecule has 1 aliphatic rings. The predicted octanol–water partition coefficient (Wildman–Crippen LogP) is 4.14. The molecule has 0 bridgehead atoms. The number of dihydropyridines is 1. The lowest BCUT2D eigenvalue weighted by molar-refractivity contribution is -0.143. The average Bonchev–Trinajstić information content (AvgIpc) is 2.54. The fourth-order valence-electron chi connectivity index (χ4n) is 2.82. The van der Waals surface area contributed by atoms with Crippen molar-refractivity contribution in [1.82, 2.24) is 5.32 Å². The zero-order valence-corrected chi connectivity index (χ0v) is 16.3. The molecule has 0 fully saturated rings. The lowest BCUT2D eigenvalue weighted by atomic mass is 9.84. The van der Waals surface area contributed by atoms with E-state index in [1.54, 1.807) is 21.0 Å². The Hall–Kier alpha value is -2.10. The van der Waals surface area contributed by atoms with E-state index in [-0.39, 0.29) is 12.7 Å². The number of methoxy groups -OCH3 is 1. The van der Waals surface area contributed by atoms with E-state index < -0.39 is 11.9 Å². The van der Waals surface area contributed by atoms with Crippen molar-refractivity contribution in [3.05, 3.63) is 68.4 Å². The van der Waals surface area contributed by atoms with Gasteiger partial charge in [-0.3, -0.25) is 0 Å². The van der Waals surface area contributed by atoms with Crippen molar-refractivity contribution in [1.29, 1.82) is 0 Å². The number of ether oxygens (including phenoxy) is 2. The molecule has 1 aromatic rings. The number of esters is 1. The van der Waals surface area contributed by atoms with Gasteiger partial charge in [0.1, 0.15) is 0 Å². The van der Waals surface area contributed by atoms with Gasteiger partial charge < -0.3 is 14.8 Å². The first-order chi connectivity index (χ1) is 11.9. The number of allylic oxidation sites excluding steroid dienone is 2. The van der Waals surface area contributed by atoms with E-state index in [1.807, 2.05) is 31.2 Å². The maximum atomic E-state index is 12.8. The minimum atomic E-state index is -0.509. The van der Waals surface area contributed by atoms with E-state index in [4.69, 9.17) is 16.0 Å². The number of benzene rings is 1. The van der Waals surface area contributed by atoms with Gasteiger partial charge in [-0.05, 0) is 32.4 Å². The Kier molecular flexibility index (Phi) is 6.40. The molecule has 1 aliphatic heterocycles. The molecule has 0 saturated carbocycles. The van der Waals surface area contributed by atoms with Crippen LogP contribution in [0, 0.1) is 6.57 Å². The lowest BCUT2D eigenvalue weighted by Crippen LogP contribution is -2.32. The third kappa shape index (κ3) is 4.12. The highest BCUT2D eigenvalue weighted by atomic mass is 79.9. The number of carbonyl (C=O) groups is 1. The van der Waals surface area contributed by atoms with Crippen LogP contribution in [0.2, 0.25) is 0 Å². The van der Waals surface area contributed by atoms with Crippen molar-refractivity contribution in [3.63, 3.8) is 0 Å². The molecule has 1 heterocycles. The molecule has 2 rings (SSSR count). The van der Waals surface area contributed by atoms with Gasteiger partial charge in [-0.2, -0.15) is 0 Å². The Morgan fingerprint density at radius 3 is 2.64 bits per heavy atom. The maximum Gasteiger partial charge on any atom is 0.335 e. The standard InChI is InChI=1S/C19H21BrN2O3/c1-11(2)25-19(23)17-15(10-24-5)22-12(3)18(21-4)16(17)13-8-6-7-9-14(13)20/h6-9,11,16,22H,10H2,1-3,5H3. The molecule has 0 aromatic heterocycles. The monoisotopic (exact) mass is 404 g/mol. The predicted molar refractivity (Wildman–Crippen MR) is 99.5 cm³/mol. The maximum absolute atomic E-state index is 12.8. The molecule has 0 amide bonds. The second-order valence-corrected chi connectivity index (χ2v) is 6.84. The van der Waals surface area contributed by atoms with Gasteiger partial charge >= 0.3 is 5.97 Å². The van der Waals surface area contributed by atoms with E-state index in [2.05, 4.69) is 26.1 Å². The van der Waals surface area contributed by atoms with Gasteiger partial charge in [-0.15, -0.1) is 0 Å². The summed E-state index contributed by atoms with van der Waals surface area (Å²) in [6.07, 6.45) is -0.257. The molecule has 1 atom stereocenters. The molecule has 1 unspecified atom stereocenters. The molecular formula is C19H21BrN2O3. The molecule has 0 radical (unpaired) electrons. The summed E-state index contributed by atoms with van der Waals surface area (Å²) < 4.78 is 11.5. The first kappa shape index (κ1) is 19.2. The largest absolute Gasteiger partial charge is 0.460 e. The summed E-state index contributed by atoms with van der Waals surface area (Å²) in [4.78, 5) is 16.5. The zero-order chi connectivity index (χ0) is 18.6. The van der Waals surface area contributed by atoms with E-state index in [1.165, 1.54) is 0 Å². The number of carbonyl (C=O) groups excluding carboxylic acids is 1. The topological polar surface area (TPSA) is 51.9 Å². The number of nitrogens with one attached hydrogen (secondary N) is 1. The molecule has 0 spiro atoms. The van der Waals surface area contributed by atoms with Gasteiger partial charge in [-0.25, -0.2) is 9.64 Å². The highest BCUT2D eigenvalue weighted by molar-refractivity contribution is 9.10. The van der Waals surface area contributed by atoms with Crippen molar-refractivity contribution < 1.29 is 14.3 Å². The van der Waals surface area contributed by atoms with Gasteiger partial charge in [-0.1, -0.05) is 34.1 Å². The van der Waals surface area contributed by atoms with Crippen LogP contribution in [0.4, 0.5) is 0 Å². The van der Waals surface area contributed by atoms with Gasteiger partial charge in [0.05, 0.1) is 36.5 Å². The van der Waals surface area contributed by atoms with E-state index in [9.17, 15) is 4.79 Å². The molecule has 1 aromatic carbocycles. The Labute approximate surface area is 156 Å². The van der Waals surface area contributed by atoms with Crippen LogP contribution in [0.15, 0.2) is 51.4 Å². The average molecular weight is 405 g/mol. The number of halogens is 1. The third-order valence-electron chi connectivity index (χ3n) is 3.80. The molecule has 1 N–H and O–H groups in total. The van der Waals surface area contributed by atoms with E-state index in [0.717, 1.165) is 10.0 Å². The Balaban J connectivity index is 2.68. The smallest absolute Gasteiger partial charge is 0.335 e. The summed E-state index contributed by atoms with van der Waals surface area (Å²) in [6.45, 7) is 13.3. The van der Waals surface area contributed by atoms with Crippen molar-refractivity contribution in [2.45, 2.75) is 32.8 Å². The van der Waals surface area contributed by atoms with Crippen molar-refractivity contribution in [3.8, 4) is 0 Å². The van der Waals surface area contributed by atoms with Crippen LogP contribution in [0.25, 0.3) is 4.85 Å². The van der Waals surface area contributed by atoms with Crippen molar-refractivity contribution >= 4 is 21.9 Å². The summed E-state index contributed by atoms with van der Waals surface area (Å²) in [5.41, 5.74) is 3.07. The number of hydrogen-bond donors (Lipinski definition) is 1. The van der Waals surface area contributed by atoms with Crippen molar-refractivity contribution in [2.75, 3.05) is 13.7 Å². The fourth-order valence-corrected chi connectivity index (χ4v) is 3.34. The summed E-state index contributed by atoms with van der Waals surface area (Å²) in [5, 5.41) is 3.15. The van der Waals surface area contributed by atoms with Crippen molar-refractivity contribution in [2.24, 2.45) is 0 Å². The van der Waals surface area contributed by atoms with E-state index in [0.29, 0.717) is 22.7 Å². The van der Waals surface area contributed by atoms with Crippen LogP contribution in [0.5, 0.6) is 0 Å². The highest BCUT2D eigenvalue weighted by Crippen LogP contribution is 2.42. The first-order valence-electron chi connectivity index (χ1n) is 7.93. The van der Waals surface area contributed by atoms with Crippen LogP contribution < -0.4 is 5.32 Å². The Morgan fingerprint density at radius 2 is 2.08 bits per heavy atom. The Morgan fingerprint density at radius 1 is 1.40 bits per heavy atom. The number of rotatable bonds is 5. The zero-order valence-electron chi connectivity index (χ0n) is 14.7.